The molecule has 6 nitrogen and oxygen atoms in total. The van der Waals surface area contributed by atoms with Gasteiger partial charge in [-0.15, -0.1) is 11.3 Å². The first-order valence-electron chi connectivity index (χ1n) is 12.6. The van der Waals surface area contributed by atoms with Crippen LogP contribution in [0.15, 0.2) is 35.7 Å². The Hall–Kier alpha value is -2.67. The maximum Gasteiger partial charge on any atom is 0.326 e. The highest BCUT2D eigenvalue weighted by molar-refractivity contribution is 7.09. The summed E-state index contributed by atoms with van der Waals surface area (Å²) in [5, 5.41) is 14.5. The zero-order valence-corrected chi connectivity index (χ0v) is 20.5. The Morgan fingerprint density at radius 3 is 2.68 bits per heavy atom. The third-order valence-corrected chi connectivity index (χ3v) is 8.61. The normalized spacial score (nSPS) is 21.8. The van der Waals surface area contributed by atoms with E-state index in [1.807, 2.05) is 18.2 Å². The van der Waals surface area contributed by atoms with Crippen LogP contribution < -0.4 is 5.32 Å². The average molecular weight is 480 g/mol. The SMILES string of the molecule is C[C@@H]1CCCCC1n1c(Cc2cccs2)nc2cc(C(=O)NC(CC3CCC3)C(=O)O)ccc21. The Labute approximate surface area is 204 Å². The highest BCUT2D eigenvalue weighted by atomic mass is 32.1. The summed E-state index contributed by atoms with van der Waals surface area (Å²) in [5.74, 6) is 0.724. The summed E-state index contributed by atoms with van der Waals surface area (Å²) in [5.41, 5.74) is 2.34. The number of hydrogen-bond donors (Lipinski definition) is 2. The Balaban J connectivity index is 1.45. The number of fused-ring (bicyclic) bond motifs is 1. The van der Waals surface area contributed by atoms with Gasteiger partial charge in [-0.25, -0.2) is 9.78 Å². The second-order valence-corrected chi connectivity index (χ2v) is 11.1. The highest BCUT2D eigenvalue weighted by Crippen LogP contribution is 2.37. The number of rotatable bonds is 8. The van der Waals surface area contributed by atoms with Crippen LogP contribution in [0, 0.1) is 11.8 Å². The van der Waals surface area contributed by atoms with Gasteiger partial charge in [0.1, 0.15) is 11.9 Å². The number of carbonyl (C=O) groups excluding carboxylic acids is 1. The number of benzene rings is 1. The van der Waals surface area contributed by atoms with E-state index in [1.54, 1.807) is 11.3 Å². The fourth-order valence-corrected chi connectivity index (χ4v) is 6.26. The van der Waals surface area contributed by atoms with Crippen molar-refractivity contribution in [1.82, 2.24) is 14.9 Å². The predicted molar refractivity (Wildman–Crippen MR) is 134 cm³/mol. The molecule has 0 saturated heterocycles. The van der Waals surface area contributed by atoms with E-state index in [9.17, 15) is 14.7 Å². The van der Waals surface area contributed by atoms with Crippen LogP contribution in [0.1, 0.15) is 85.4 Å². The summed E-state index contributed by atoms with van der Waals surface area (Å²) in [7, 11) is 0. The molecule has 2 saturated carbocycles. The summed E-state index contributed by atoms with van der Waals surface area (Å²) in [6, 6.07) is 9.43. The number of thiophene rings is 1. The monoisotopic (exact) mass is 479 g/mol. The van der Waals surface area contributed by atoms with Gasteiger partial charge in [-0.3, -0.25) is 4.79 Å². The predicted octanol–water partition coefficient (Wildman–Crippen LogP) is 5.81. The summed E-state index contributed by atoms with van der Waals surface area (Å²) in [6.45, 7) is 2.33. The molecule has 180 valence electrons. The molecule has 1 amide bonds. The quantitative estimate of drug-likeness (QED) is 0.427. The maximum absolute atomic E-state index is 13.0. The van der Waals surface area contributed by atoms with Gasteiger partial charge in [0.25, 0.3) is 5.91 Å². The van der Waals surface area contributed by atoms with Gasteiger partial charge in [0.15, 0.2) is 0 Å². The van der Waals surface area contributed by atoms with Gasteiger partial charge < -0.3 is 15.0 Å². The van der Waals surface area contributed by atoms with Crippen molar-refractivity contribution < 1.29 is 14.7 Å². The summed E-state index contributed by atoms with van der Waals surface area (Å²) in [6.07, 6.45) is 9.41. The van der Waals surface area contributed by atoms with Crippen molar-refractivity contribution in [3.63, 3.8) is 0 Å². The van der Waals surface area contributed by atoms with Gasteiger partial charge in [-0.1, -0.05) is 45.1 Å². The number of carboxylic acid groups (broad SMARTS) is 1. The summed E-state index contributed by atoms with van der Waals surface area (Å²) >= 11 is 1.74. The van der Waals surface area contributed by atoms with Gasteiger partial charge in [0.2, 0.25) is 0 Å². The van der Waals surface area contributed by atoms with Gasteiger partial charge >= 0.3 is 5.97 Å². The summed E-state index contributed by atoms with van der Waals surface area (Å²) in [4.78, 5) is 31.0. The Morgan fingerprint density at radius 2 is 2.00 bits per heavy atom. The Kier molecular flexibility index (Phi) is 6.73. The van der Waals surface area contributed by atoms with E-state index < -0.39 is 12.0 Å². The number of hydrogen-bond acceptors (Lipinski definition) is 4. The third-order valence-electron chi connectivity index (χ3n) is 7.73. The van der Waals surface area contributed by atoms with Crippen molar-refractivity contribution in [2.45, 2.75) is 76.8 Å². The van der Waals surface area contributed by atoms with E-state index >= 15 is 0 Å². The van der Waals surface area contributed by atoms with Crippen LogP contribution in [0.3, 0.4) is 0 Å². The van der Waals surface area contributed by atoms with Crippen molar-refractivity contribution in [3.05, 3.63) is 52.0 Å². The molecule has 2 aromatic heterocycles. The molecule has 2 aliphatic carbocycles. The molecular formula is C27H33N3O3S. The second kappa shape index (κ2) is 9.90. The zero-order chi connectivity index (χ0) is 23.7. The lowest BCUT2D eigenvalue weighted by Crippen LogP contribution is -2.42. The van der Waals surface area contributed by atoms with Gasteiger partial charge in [0.05, 0.1) is 11.0 Å². The molecule has 0 spiro atoms. The average Bonchev–Trinajstić information content (AvgIpc) is 3.42. The molecule has 2 heterocycles. The van der Waals surface area contributed by atoms with Crippen LogP contribution >= 0.6 is 11.3 Å². The van der Waals surface area contributed by atoms with Gasteiger partial charge in [-0.05, 0) is 60.7 Å². The minimum atomic E-state index is -0.963. The van der Waals surface area contributed by atoms with Crippen molar-refractivity contribution >= 4 is 34.2 Å². The van der Waals surface area contributed by atoms with Crippen LogP contribution in [0.25, 0.3) is 11.0 Å². The van der Waals surface area contributed by atoms with Gasteiger partial charge in [-0.2, -0.15) is 0 Å². The standard InChI is InChI=1S/C27H33N3O3S/c1-17-6-2-3-10-23(17)30-24-12-11-19(15-21(24)28-25(30)16-20-9-5-13-34-20)26(31)29-22(27(32)33)14-18-7-4-8-18/h5,9,11-13,15,17-18,22-23H,2-4,6-8,10,14,16H2,1H3,(H,29,31)(H,32,33)/t17-,22?,23?/m1/s1. The molecule has 0 aliphatic heterocycles. The fraction of sp³-hybridized carbons (Fsp3) is 0.519. The smallest absolute Gasteiger partial charge is 0.326 e. The number of aliphatic carboxylic acids is 1. The minimum Gasteiger partial charge on any atom is -0.480 e. The largest absolute Gasteiger partial charge is 0.480 e. The molecule has 0 radical (unpaired) electrons. The number of carboxylic acids is 1. The number of carbonyl (C=O) groups is 2. The number of imidazole rings is 1. The molecule has 2 fully saturated rings. The lowest BCUT2D eigenvalue weighted by Gasteiger charge is -2.31. The second-order valence-electron chi connectivity index (χ2n) is 10.1. The maximum atomic E-state index is 13.0. The lowest BCUT2D eigenvalue weighted by molar-refractivity contribution is -0.139. The topological polar surface area (TPSA) is 84.2 Å². The number of nitrogens with zero attached hydrogens (tertiary/aromatic N) is 2. The first-order valence-corrected chi connectivity index (χ1v) is 13.4. The molecule has 2 aliphatic rings. The molecule has 34 heavy (non-hydrogen) atoms. The number of nitrogens with one attached hydrogen (secondary N) is 1. The molecule has 3 atom stereocenters. The molecule has 3 aromatic rings. The van der Waals surface area contributed by atoms with Crippen molar-refractivity contribution in [3.8, 4) is 0 Å². The van der Waals surface area contributed by atoms with E-state index in [-0.39, 0.29) is 5.91 Å². The van der Waals surface area contributed by atoms with Crippen LogP contribution in [0.5, 0.6) is 0 Å². The molecule has 2 N–H and O–H groups in total. The van der Waals surface area contributed by atoms with Crippen LogP contribution in [-0.4, -0.2) is 32.6 Å². The Bertz CT molecular complexity index is 1170. The molecule has 5 rings (SSSR count). The number of amides is 1. The highest BCUT2D eigenvalue weighted by Gasteiger charge is 2.29. The van der Waals surface area contributed by atoms with E-state index in [0.29, 0.717) is 29.9 Å². The van der Waals surface area contributed by atoms with E-state index in [4.69, 9.17) is 4.98 Å². The van der Waals surface area contributed by atoms with E-state index in [2.05, 4.69) is 34.3 Å². The van der Waals surface area contributed by atoms with E-state index in [1.165, 1.54) is 24.1 Å². The summed E-state index contributed by atoms with van der Waals surface area (Å²) < 4.78 is 2.41. The first-order chi connectivity index (χ1) is 16.5. The van der Waals surface area contributed by atoms with Gasteiger partial charge in [0, 0.05) is 22.9 Å². The van der Waals surface area contributed by atoms with Crippen LogP contribution in [-0.2, 0) is 11.2 Å². The molecule has 1 aromatic carbocycles. The van der Waals surface area contributed by atoms with Crippen LogP contribution in [0.4, 0.5) is 0 Å². The molecule has 7 heteroatoms. The third kappa shape index (κ3) is 4.76. The molecular weight excluding hydrogens is 446 g/mol. The van der Waals surface area contributed by atoms with Crippen molar-refractivity contribution in [2.75, 3.05) is 0 Å². The van der Waals surface area contributed by atoms with Crippen LogP contribution in [0.2, 0.25) is 0 Å². The minimum absolute atomic E-state index is 0.339. The van der Waals surface area contributed by atoms with Crippen molar-refractivity contribution in [1.29, 1.82) is 0 Å². The number of aromatic nitrogens is 2. The molecule has 2 unspecified atom stereocenters. The fourth-order valence-electron chi connectivity index (χ4n) is 5.56. The lowest BCUT2D eigenvalue weighted by atomic mass is 9.81. The Morgan fingerprint density at radius 1 is 1.18 bits per heavy atom. The van der Waals surface area contributed by atoms with E-state index in [0.717, 1.165) is 49.0 Å². The molecule has 0 bridgehead atoms. The van der Waals surface area contributed by atoms with Crippen molar-refractivity contribution in [2.24, 2.45) is 11.8 Å². The first kappa shape index (κ1) is 23.1. The zero-order valence-electron chi connectivity index (χ0n) is 19.7.